The minimum Gasteiger partial charge on any atom is -0.379 e. The van der Waals surface area contributed by atoms with Crippen LogP contribution in [0.1, 0.15) is 25.1 Å². The summed E-state index contributed by atoms with van der Waals surface area (Å²) in [6, 6.07) is 10.3. The molecular formula is C15H20N4O. The van der Waals surface area contributed by atoms with E-state index in [9.17, 15) is 0 Å². The largest absolute Gasteiger partial charge is 0.379 e. The van der Waals surface area contributed by atoms with E-state index in [4.69, 9.17) is 4.74 Å². The molecule has 0 amide bonds. The quantitative estimate of drug-likeness (QED) is 0.873. The van der Waals surface area contributed by atoms with Gasteiger partial charge in [-0.2, -0.15) is 5.10 Å². The van der Waals surface area contributed by atoms with Crippen molar-refractivity contribution in [2.75, 3.05) is 19.8 Å². The smallest absolute Gasteiger partial charge is 0.181 e. The van der Waals surface area contributed by atoms with Crippen LogP contribution in [0, 0.1) is 0 Å². The van der Waals surface area contributed by atoms with Crippen LogP contribution in [0.5, 0.6) is 0 Å². The molecule has 2 N–H and O–H groups in total. The van der Waals surface area contributed by atoms with E-state index >= 15 is 0 Å². The predicted molar refractivity (Wildman–Crippen MR) is 77.5 cm³/mol. The zero-order valence-corrected chi connectivity index (χ0v) is 11.7. The number of rotatable bonds is 5. The van der Waals surface area contributed by atoms with Crippen molar-refractivity contribution in [3.8, 4) is 11.4 Å². The Morgan fingerprint density at radius 3 is 2.95 bits per heavy atom. The molecule has 2 unspecified atom stereocenters. The molecule has 1 aromatic heterocycles. The zero-order chi connectivity index (χ0) is 13.8. The molecule has 1 aliphatic heterocycles. The van der Waals surface area contributed by atoms with Crippen LogP contribution >= 0.6 is 0 Å². The third kappa shape index (κ3) is 2.73. The van der Waals surface area contributed by atoms with Gasteiger partial charge < -0.3 is 10.1 Å². The maximum Gasteiger partial charge on any atom is 0.181 e. The number of nitrogens with one attached hydrogen (secondary N) is 2. The lowest BCUT2D eigenvalue weighted by Gasteiger charge is -2.16. The van der Waals surface area contributed by atoms with E-state index in [1.165, 1.54) is 0 Å². The van der Waals surface area contributed by atoms with Crippen LogP contribution in [0.3, 0.4) is 0 Å². The number of nitrogens with zero attached hydrogens (tertiary/aromatic N) is 2. The molecule has 2 atom stereocenters. The third-order valence-corrected chi connectivity index (χ3v) is 3.62. The summed E-state index contributed by atoms with van der Waals surface area (Å²) in [6.45, 7) is 4.61. The molecule has 0 aliphatic carbocycles. The number of hydrogen-bond acceptors (Lipinski definition) is 4. The molecular weight excluding hydrogens is 252 g/mol. The van der Waals surface area contributed by atoms with Crippen molar-refractivity contribution in [1.82, 2.24) is 20.5 Å². The van der Waals surface area contributed by atoms with Gasteiger partial charge in [-0.3, -0.25) is 5.10 Å². The summed E-state index contributed by atoms with van der Waals surface area (Å²) in [7, 11) is 0. The Morgan fingerprint density at radius 2 is 2.15 bits per heavy atom. The SMILES string of the molecule is CCCNC1COCC1c1nc(-c2ccccc2)n[nH]1. The summed E-state index contributed by atoms with van der Waals surface area (Å²) in [5.41, 5.74) is 1.03. The average Bonchev–Trinajstić information content (AvgIpc) is 3.14. The van der Waals surface area contributed by atoms with Crippen molar-refractivity contribution >= 4 is 0 Å². The Labute approximate surface area is 118 Å². The monoisotopic (exact) mass is 272 g/mol. The highest BCUT2D eigenvalue weighted by Gasteiger charge is 2.31. The number of aromatic nitrogens is 3. The summed E-state index contributed by atoms with van der Waals surface area (Å²) in [4.78, 5) is 4.63. The minimum absolute atomic E-state index is 0.256. The topological polar surface area (TPSA) is 62.8 Å². The maximum atomic E-state index is 5.59. The van der Waals surface area contributed by atoms with Gasteiger partial charge in [0.1, 0.15) is 5.82 Å². The Kier molecular flexibility index (Phi) is 4.08. The second kappa shape index (κ2) is 6.15. The van der Waals surface area contributed by atoms with Gasteiger partial charge in [0.15, 0.2) is 5.82 Å². The Hall–Kier alpha value is -1.72. The van der Waals surface area contributed by atoms with Crippen LogP contribution in [0.25, 0.3) is 11.4 Å². The van der Waals surface area contributed by atoms with Crippen LogP contribution in [-0.4, -0.2) is 41.0 Å². The number of ether oxygens (including phenoxy) is 1. The van der Waals surface area contributed by atoms with Gasteiger partial charge in [0.25, 0.3) is 0 Å². The van der Waals surface area contributed by atoms with Crippen molar-refractivity contribution in [3.05, 3.63) is 36.2 Å². The Morgan fingerprint density at radius 1 is 1.30 bits per heavy atom. The third-order valence-electron chi connectivity index (χ3n) is 3.62. The number of aromatic amines is 1. The van der Waals surface area contributed by atoms with Crippen LogP contribution in [-0.2, 0) is 4.74 Å². The standard InChI is InChI=1S/C15H20N4O/c1-2-8-16-13-10-20-9-12(13)15-17-14(18-19-15)11-6-4-3-5-7-11/h3-7,12-13,16H,2,8-10H2,1H3,(H,17,18,19). The maximum absolute atomic E-state index is 5.59. The molecule has 0 saturated carbocycles. The fourth-order valence-corrected chi connectivity index (χ4v) is 2.51. The van der Waals surface area contributed by atoms with Gasteiger partial charge in [-0.1, -0.05) is 37.3 Å². The molecule has 20 heavy (non-hydrogen) atoms. The van der Waals surface area contributed by atoms with Gasteiger partial charge in [-0.15, -0.1) is 0 Å². The van der Waals surface area contributed by atoms with Crippen LogP contribution < -0.4 is 5.32 Å². The molecule has 1 aliphatic rings. The van der Waals surface area contributed by atoms with E-state index in [0.29, 0.717) is 12.6 Å². The highest BCUT2D eigenvalue weighted by molar-refractivity contribution is 5.53. The lowest BCUT2D eigenvalue weighted by Crippen LogP contribution is -2.35. The van der Waals surface area contributed by atoms with E-state index in [1.54, 1.807) is 0 Å². The fourth-order valence-electron chi connectivity index (χ4n) is 2.51. The first kappa shape index (κ1) is 13.3. The second-order valence-electron chi connectivity index (χ2n) is 5.11. The Balaban J connectivity index is 1.76. The second-order valence-corrected chi connectivity index (χ2v) is 5.11. The van der Waals surface area contributed by atoms with Gasteiger partial charge in [-0.05, 0) is 13.0 Å². The fraction of sp³-hybridized carbons (Fsp3) is 0.467. The first-order valence-electron chi connectivity index (χ1n) is 7.17. The molecule has 1 fully saturated rings. The summed E-state index contributed by atoms with van der Waals surface area (Å²) in [5, 5.41) is 10.9. The highest BCUT2D eigenvalue weighted by Crippen LogP contribution is 2.24. The van der Waals surface area contributed by atoms with Gasteiger partial charge in [-0.25, -0.2) is 4.98 Å². The normalized spacial score (nSPS) is 22.2. The highest BCUT2D eigenvalue weighted by atomic mass is 16.5. The molecule has 2 heterocycles. The number of H-pyrrole nitrogens is 1. The van der Waals surface area contributed by atoms with E-state index in [-0.39, 0.29) is 5.92 Å². The van der Waals surface area contributed by atoms with Crippen molar-refractivity contribution in [2.24, 2.45) is 0 Å². The van der Waals surface area contributed by atoms with Crippen molar-refractivity contribution in [1.29, 1.82) is 0 Å². The molecule has 3 rings (SSSR count). The molecule has 0 radical (unpaired) electrons. The van der Waals surface area contributed by atoms with Crippen molar-refractivity contribution < 1.29 is 4.74 Å². The van der Waals surface area contributed by atoms with Crippen LogP contribution in [0.4, 0.5) is 0 Å². The molecule has 106 valence electrons. The summed E-state index contributed by atoms with van der Waals surface area (Å²) < 4.78 is 5.59. The first-order chi connectivity index (χ1) is 9.88. The lowest BCUT2D eigenvalue weighted by atomic mass is 10.0. The summed E-state index contributed by atoms with van der Waals surface area (Å²) >= 11 is 0. The Bertz CT molecular complexity index is 540. The van der Waals surface area contributed by atoms with E-state index in [2.05, 4.69) is 27.4 Å². The zero-order valence-electron chi connectivity index (χ0n) is 11.7. The number of benzene rings is 1. The van der Waals surface area contributed by atoms with Gasteiger partial charge in [0.2, 0.25) is 0 Å². The molecule has 5 nitrogen and oxygen atoms in total. The number of hydrogen-bond donors (Lipinski definition) is 2. The van der Waals surface area contributed by atoms with Crippen molar-refractivity contribution in [2.45, 2.75) is 25.3 Å². The predicted octanol–water partition coefficient (Wildman–Crippen LogP) is 1.95. The van der Waals surface area contributed by atoms with Gasteiger partial charge in [0, 0.05) is 11.6 Å². The molecule has 1 aromatic carbocycles. The van der Waals surface area contributed by atoms with Crippen LogP contribution in [0.15, 0.2) is 30.3 Å². The molecule has 1 saturated heterocycles. The molecule has 2 aromatic rings. The van der Waals surface area contributed by atoms with Crippen molar-refractivity contribution in [3.63, 3.8) is 0 Å². The lowest BCUT2D eigenvalue weighted by molar-refractivity contribution is 0.187. The van der Waals surface area contributed by atoms with E-state index in [1.807, 2.05) is 30.3 Å². The van der Waals surface area contributed by atoms with Crippen LogP contribution in [0.2, 0.25) is 0 Å². The average molecular weight is 272 g/mol. The van der Waals surface area contributed by atoms with E-state index in [0.717, 1.165) is 36.8 Å². The minimum atomic E-state index is 0.256. The summed E-state index contributed by atoms with van der Waals surface area (Å²) in [5.74, 6) is 1.92. The summed E-state index contributed by atoms with van der Waals surface area (Å²) in [6.07, 6.45) is 1.12. The first-order valence-corrected chi connectivity index (χ1v) is 7.17. The molecule has 0 bridgehead atoms. The molecule has 0 spiro atoms. The van der Waals surface area contributed by atoms with Gasteiger partial charge >= 0.3 is 0 Å². The molecule has 5 heteroatoms. The van der Waals surface area contributed by atoms with Gasteiger partial charge in [0.05, 0.1) is 19.1 Å². The van der Waals surface area contributed by atoms with E-state index < -0.39 is 0 Å².